The van der Waals surface area contributed by atoms with Gasteiger partial charge in [-0.25, -0.2) is 13.6 Å². The van der Waals surface area contributed by atoms with E-state index in [2.05, 4.69) is 0 Å². The third-order valence-electron chi connectivity index (χ3n) is 2.39. The Morgan fingerprint density at radius 2 is 1.59 bits per heavy atom. The smallest absolute Gasteiger partial charge is 0.238 e. The molecule has 0 bridgehead atoms. The highest BCUT2D eigenvalue weighted by atomic mass is 32.2. The zero-order valence-electron chi connectivity index (χ0n) is 9.00. The first kappa shape index (κ1) is 11.6. The van der Waals surface area contributed by atoms with Gasteiger partial charge in [-0.05, 0) is 23.8 Å². The molecule has 2 aromatic rings. The van der Waals surface area contributed by atoms with E-state index < -0.39 is 10.0 Å². The third kappa shape index (κ3) is 2.46. The second kappa shape index (κ2) is 4.20. The van der Waals surface area contributed by atoms with Crippen LogP contribution in [0.5, 0.6) is 0 Å². The molecule has 0 spiro atoms. The van der Waals surface area contributed by atoms with E-state index in [1.54, 1.807) is 6.07 Å². The quantitative estimate of drug-likeness (QED) is 0.791. The average molecular weight is 248 g/mol. The van der Waals surface area contributed by atoms with Gasteiger partial charge in [-0.1, -0.05) is 30.3 Å². The van der Waals surface area contributed by atoms with Gasteiger partial charge in [0, 0.05) is 11.3 Å². The summed E-state index contributed by atoms with van der Waals surface area (Å²) in [6.07, 6.45) is 0. The van der Waals surface area contributed by atoms with Gasteiger partial charge in [0.2, 0.25) is 10.0 Å². The maximum absolute atomic E-state index is 11.5. The first-order valence-corrected chi connectivity index (χ1v) is 6.51. The lowest BCUT2D eigenvalue weighted by Gasteiger charge is -2.08. The highest BCUT2D eigenvalue weighted by Crippen LogP contribution is 2.28. The molecule has 0 heterocycles. The number of rotatable bonds is 2. The predicted molar refractivity (Wildman–Crippen MR) is 67.7 cm³/mol. The van der Waals surface area contributed by atoms with Gasteiger partial charge in [-0.2, -0.15) is 0 Å². The molecule has 0 aliphatic rings. The Hall–Kier alpha value is -1.85. The van der Waals surface area contributed by atoms with Gasteiger partial charge in [0.1, 0.15) is 0 Å². The number of hydrogen-bond donors (Lipinski definition) is 2. The molecule has 0 radical (unpaired) electrons. The fourth-order valence-corrected chi connectivity index (χ4v) is 2.38. The fourth-order valence-electron chi connectivity index (χ4n) is 1.64. The van der Waals surface area contributed by atoms with E-state index >= 15 is 0 Å². The number of sulfonamides is 1. The minimum atomic E-state index is -3.75. The molecule has 0 saturated heterocycles. The topological polar surface area (TPSA) is 86.2 Å². The minimum Gasteiger partial charge on any atom is -0.399 e. The van der Waals surface area contributed by atoms with Crippen LogP contribution in [-0.4, -0.2) is 8.42 Å². The first-order valence-electron chi connectivity index (χ1n) is 4.96. The van der Waals surface area contributed by atoms with E-state index in [1.807, 2.05) is 30.3 Å². The summed E-state index contributed by atoms with van der Waals surface area (Å²) in [5, 5.41) is 5.18. The Labute approximate surface area is 99.9 Å². The molecule has 0 saturated carbocycles. The summed E-state index contributed by atoms with van der Waals surface area (Å²) in [6.45, 7) is 0. The van der Waals surface area contributed by atoms with Crippen LogP contribution in [0.4, 0.5) is 5.69 Å². The zero-order chi connectivity index (χ0) is 12.5. The summed E-state index contributed by atoms with van der Waals surface area (Å²) in [5.74, 6) is 0. The second-order valence-electron chi connectivity index (χ2n) is 3.67. The molecule has 0 atom stereocenters. The van der Waals surface area contributed by atoms with Gasteiger partial charge in [0.25, 0.3) is 0 Å². The molecule has 2 rings (SSSR count). The minimum absolute atomic E-state index is 0.0814. The molecular formula is C12H12N2O2S. The van der Waals surface area contributed by atoms with Crippen molar-refractivity contribution in [1.82, 2.24) is 0 Å². The van der Waals surface area contributed by atoms with Crippen molar-refractivity contribution in [1.29, 1.82) is 0 Å². The van der Waals surface area contributed by atoms with Crippen molar-refractivity contribution in [2.45, 2.75) is 4.90 Å². The molecule has 0 aromatic heterocycles. The summed E-state index contributed by atoms with van der Waals surface area (Å²) in [4.78, 5) is 0.0814. The van der Waals surface area contributed by atoms with Crippen LogP contribution >= 0.6 is 0 Å². The summed E-state index contributed by atoms with van der Waals surface area (Å²) in [7, 11) is -3.75. The molecule has 0 aliphatic carbocycles. The molecule has 2 aromatic carbocycles. The summed E-state index contributed by atoms with van der Waals surface area (Å²) >= 11 is 0. The molecule has 17 heavy (non-hydrogen) atoms. The van der Waals surface area contributed by atoms with Crippen LogP contribution in [0.15, 0.2) is 53.4 Å². The Morgan fingerprint density at radius 1 is 0.941 bits per heavy atom. The van der Waals surface area contributed by atoms with Crippen molar-refractivity contribution in [2.75, 3.05) is 5.73 Å². The molecule has 0 unspecified atom stereocenters. The number of anilines is 1. The van der Waals surface area contributed by atoms with E-state index in [0.717, 1.165) is 5.56 Å². The Morgan fingerprint density at radius 3 is 2.18 bits per heavy atom. The molecule has 4 N–H and O–H groups in total. The van der Waals surface area contributed by atoms with Crippen LogP contribution in [0, 0.1) is 0 Å². The Balaban J connectivity index is 2.72. The van der Waals surface area contributed by atoms with Crippen molar-refractivity contribution in [3.63, 3.8) is 0 Å². The lowest BCUT2D eigenvalue weighted by Crippen LogP contribution is -2.13. The van der Waals surface area contributed by atoms with Gasteiger partial charge >= 0.3 is 0 Å². The molecule has 0 aliphatic heterocycles. The van der Waals surface area contributed by atoms with Crippen LogP contribution in [0.25, 0.3) is 11.1 Å². The first-order chi connectivity index (χ1) is 7.98. The van der Waals surface area contributed by atoms with Crippen LogP contribution in [-0.2, 0) is 10.0 Å². The monoisotopic (exact) mass is 248 g/mol. The van der Waals surface area contributed by atoms with Crippen molar-refractivity contribution in [2.24, 2.45) is 5.14 Å². The van der Waals surface area contributed by atoms with Crippen LogP contribution in [0.1, 0.15) is 0 Å². The fraction of sp³-hybridized carbons (Fsp3) is 0. The van der Waals surface area contributed by atoms with Crippen molar-refractivity contribution < 1.29 is 8.42 Å². The van der Waals surface area contributed by atoms with Crippen molar-refractivity contribution >= 4 is 15.7 Å². The SMILES string of the molecule is Nc1ccc(S(N)(=O)=O)c(-c2ccccc2)c1. The average Bonchev–Trinajstić information content (AvgIpc) is 2.28. The summed E-state index contributed by atoms with van der Waals surface area (Å²) in [5.41, 5.74) is 7.46. The van der Waals surface area contributed by atoms with E-state index in [9.17, 15) is 8.42 Å². The zero-order valence-corrected chi connectivity index (χ0v) is 9.81. The molecule has 5 heteroatoms. The standard InChI is InChI=1S/C12H12N2O2S/c13-10-6-7-12(17(14,15)16)11(8-10)9-4-2-1-3-5-9/h1-8H,13H2,(H2,14,15,16). The largest absolute Gasteiger partial charge is 0.399 e. The second-order valence-corrected chi connectivity index (χ2v) is 5.20. The van der Waals surface area contributed by atoms with Crippen molar-refractivity contribution in [3.8, 4) is 11.1 Å². The Kier molecular flexibility index (Phi) is 2.87. The van der Waals surface area contributed by atoms with Gasteiger partial charge in [0.15, 0.2) is 0 Å². The van der Waals surface area contributed by atoms with Gasteiger partial charge < -0.3 is 5.73 Å². The molecule has 0 fully saturated rings. The molecule has 4 nitrogen and oxygen atoms in total. The summed E-state index contributed by atoms with van der Waals surface area (Å²) in [6, 6.07) is 13.7. The van der Waals surface area contributed by atoms with E-state index in [-0.39, 0.29) is 4.90 Å². The number of hydrogen-bond acceptors (Lipinski definition) is 3. The third-order valence-corrected chi connectivity index (χ3v) is 3.36. The van der Waals surface area contributed by atoms with Gasteiger partial charge in [-0.3, -0.25) is 0 Å². The maximum Gasteiger partial charge on any atom is 0.238 e. The van der Waals surface area contributed by atoms with Gasteiger partial charge in [-0.15, -0.1) is 0 Å². The maximum atomic E-state index is 11.5. The van der Waals surface area contributed by atoms with Crippen LogP contribution in [0.3, 0.4) is 0 Å². The number of benzene rings is 2. The van der Waals surface area contributed by atoms with Crippen molar-refractivity contribution in [3.05, 3.63) is 48.5 Å². The van der Waals surface area contributed by atoms with Crippen LogP contribution < -0.4 is 10.9 Å². The van der Waals surface area contributed by atoms with Crippen LogP contribution in [0.2, 0.25) is 0 Å². The lowest BCUT2D eigenvalue weighted by atomic mass is 10.1. The van der Waals surface area contributed by atoms with E-state index in [0.29, 0.717) is 11.3 Å². The number of nitrogens with two attached hydrogens (primary N) is 2. The van der Waals surface area contributed by atoms with E-state index in [1.165, 1.54) is 12.1 Å². The highest BCUT2D eigenvalue weighted by Gasteiger charge is 2.14. The molecular weight excluding hydrogens is 236 g/mol. The highest BCUT2D eigenvalue weighted by molar-refractivity contribution is 7.89. The number of nitrogen functional groups attached to an aromatic ring is 1. The van der Waals surface area contributed by atoms with Gasteiger partial charge in [0.05, 0.1) is 4.90 Å². The predicted octanol–water partition coefficient (Wildman–Crippen LogP) is 1.58. The normalized spacial score (nSPS) is 11.4. The molecule has 0 amide bonds. The lowest BCUT2D eigenvalue weighted by molar-refractivity contribution is 0.598. The Bertz CT molecular complexity index is 637. The summed E-state index contributed by atoms with van der Waals surface area (Å²) < 4.78 is 23.0. The molecule has 88 valence electrons. The number of primary sulfonamides is 1. The van der Waals surface area contributed by atoms with E-state index in [4.69, 9.17) is 10.9 Å².